The number of pyridine rings is 1. The Hall–Kier alpha value is -2.49. The summed E-state index contributed by atoms with van der Waals surface area (Å²) < 4.78 is 11.0. The van der Waals surface area contributed by atoms with Crippen molar-refractivity contribution in [1.29, 1.82) is 0 Å². The van der Waals surface area contributed by atoms with E-state index in [1.807, 2.05) is 37.3 Å². The molecule has 0 fully saturated rings. The Labute approximate surface area is 110 Å². The lowest BCUT2D eigenvalue weighted by Gasteiger charge is -2.10. The van der Waals surface area contributed by atoms with Crippen LogP contribution in [0.15, 0.2) is 47.2 Å². The van der Waals surface area contributed by atoms with Gasteiger partial charge in [0.25, 0.3) is 0 Å². The van der Waals surface area contributed by atoms with Gasteiger partial charge in [-0.15, -0.1) is 0 Å². The van der Waals surface area contributed by atoms with Crippen molar-refractivity contribution in [3.8, 4) is 5.75 Å². The summed E-state index contributed by atoms with van der Waals surface area (Å²) in [6.45, 7) is 2.34. The third-order valence-corrected chi connectivity index (χ3v) is 2.98. The molecule has 0 amide bonds. The molecule has 0 atom stereocenters. The van der Waals surface area contributed by atoms with Gasteiger partial charge in [-0.25, -0.2) is 0 Å². The van der Waals surface area contributed by atoms with Crippen molar-refractivity contribution < 1.29 is 9.15 Å². The van der Waals surface area contributed by atoms with Gasteiger partial charge >= 0.3 is 0 Å². The van der Waals surface area contributed by atoms with Gasteiger partial charge < -0.3 is 14.9 Å². The van der Waals surface area contributed by atoms with Gasteiger partial charge in [-0.05, 0) is 37.3 Å². The summed E-state index contributed by atoms with van der Waals surface area (Å²) in [6.07, 6.45) is 3.41. The van der Waals surface area contributed by atoms with Gasteiger partial charge in [0.1, 0.15) is 18.1 Å². The Morgan fingerprint density at radius 2 is 2.16 bits per heavy atom. The van der Waals surface area contributed by atoms with Crippen LogP contribution in [0.2, 0.25) is 0 Å². The summed E-state index contributed by atoms with van der Waals surface area (Å²) in [5, 5.41) is 1.88. The molecule has 0 saturated heterocycles. The second-order valence-corrected chi connectivity index (χ2v) is 4.39. The number of hydrogen-bond donors (Lipinski definition) is 1. The van der Waals surface area contributed by atoms with Gasteiger partial charge in [-0.1, -0.05) is 0 Å². The van der Waals surface area contributed by atoms with Crippen LogP contribution in [-0.2, 0) is 6.61 Å². The molecule has 96 valence electrons. The highest BCUT2D eigenvalue weighted by Crippen LogP contribution is 2.30. The zero-order valence-electron chi connectivity index (χ0n) is 10.6. The zero-order valence-corrected chi connectivity index (χ0v) is 10.6. The molecule has 2 aromatic heterocycles. The number of aryl methyl sites for hydroxylation is 1. The first-order valence-corrected chi connectivity index (χ1v) is 6.04. The number of anilines is 1. The standard InChI is InChI=1S/C15H14N2O2/c1-10-7-12-13(8-17-10)14(16)4-5-15(12)19-9-11-3-2-6-18-11/h2-8H,9,16H2,1H3. The summed E-state index contributed by atoms with van der Waals surface area (Å²) in [4.78, 5) is 4.27. The first kappa shape index (κ1) is 11.6. The van der Waals surface area contributed by atoms with Crippen LogP contribution in [0.25, 0.3) is 10.8 Å². The number of nitrogens with two attached hydrogens (primary N) is 1. The third kappa shape index (κ3) is 2.25. The molecule has 2 N–H and O–H groups in total. The number of nitrogens with zero attached hydrogens (tertiary/aromatic N) is 1. The molecule has 2 heterocycles. The minimum absolute atomic E-state index is 0.396. The molecule has 0 bridgehead atoms. The van der Waals surface area contributed by atoms with Gasteiger partial charge in [0, 0.05) is 28.4 Å². The van der Waals surface area contributed by atoms with Crippen LogP contribution in [0.4, 0.5) is 5.69 Å². The van der Waals surface area contributed by atoms with Gasteiger partial charge in [-0.2, -0.15) is 0 Å². The summed E-state index contributed by atoms with van der Waals surface area (Å²) in [5.41, 5.74) is 7.58. The largest absolute Gasteiger partial charge is 0.485 e. The molecular weight excluding hydrogens is 240 g/mol. The fourth-order valence-corrected chi connectivity index (χ4v) is 2.01. The fourth-order valence-electron chi connectivity index (χ4n) is 2.01. The number of aromatic nitrogens is 1. The summed E-state index contributed by atoms with van der Waals surface area (Å²) >= 11 is 0. The number of benzene rings is 1. The molecular formula is C15H14N2O2. The molecule has 0 aliphatic heterocycles. The van der Waals surface area contributed by atoms with Crippen molar-refractivity contribution in [2.45, 2.75) is 13.5 Å². The van der Waals surface area contributed by atoms with Crippen LogP contribution in [0.3, 0.4) is 0 Å². The molecule has 3 rings (SSSR count). The summed E-state index contributed by atoms with van der Waals surface area (Å²) in [6, 6.07) is 9.40. The van der Waals surface area contributed by atoms with Crippen molar-refractivity contribution in [2.24, 2.45) is 0 Å². The van der Waals surface area contributed by atoms with E-state index < -0.39 is 0 Å². The molecule has 0 radical (unpaired) electrons. The predicted octanol–water partition coefficient (Wildman–Crippen LogP) is 3.30. The molecule has 4 heteroatoms. The molecule has 0 aliphatic carbocycles. The fraction of sp³-hybridized carbons (Fsp3) is 0.133. The molecule has 0 unspecified atom stereocenters. The third-order valence-electron chi connectivity index (χ3n) is 2.98. The molecule has 0 aliphatic rings. The number of hydrogen-bond acceptors (Lipinski definition) is 4. The van der Waals surface area contributed by atoms with E-state index in [1.54, 1.807) is 12.5 Å². The summed E-state index contributed by atoms with van der Waals surface area (Å²) in [5.74, 6) is 1.57. The second-order valence-electron chi connectivity index (χ2n) is 4.39. The lowest BCUT2D eigenvalue weighted by molar-refractivity contribution is 0.273. The lowest BCUT2D eigenvalue weighted by Crippen LogP contribution is -1.97. The molecule has 4 nitrogen and oxygen atoms in total. The minimum Gasteiger partial charge on any atom is -0.485 e. The second kappa shape index (κ2) is 4.65. The van der Waals surface area contributed by atoms with E-state index >= 15 is 0 Å². The number of nitrogen functional groups attached to an aromatic ring is 1. The SMILES string of the molecule is Cc1cc2c(OCc3ccco3)ccc(N)c2cn1. The minimum atomic E-state index is 0.396. The first-order valence-electron chi connectivity index (χ1n) is 6.04. The average Bonchev–Trinajstić information content (AvgIpc) is 2.91. The van der Waals surface area contributed by atoms with Crippen LogP contribution in [-0.4, -0.2) is 4.98 Å². The Balaban J connectivity index is 1.98. The summed E-state index contributed by atoms with van der Waals surface area (Å²) in [7, 11) is 0. The Morgan fingerprint density at radius 1 is 1.26 bits per heavy atom. The van der Waals surface area contributed by atoms with Crippen LogP contribution >= 0.6 is 0 Å². The lowest BCUT2D eigenvalue weighted by atomic mass is 10.1. The molecule has 3 aromatic rings. The van der Waals surface area contributed by atoms with Gasteiger partial charge in [0.05, 0.1) is 6.26 Å². The molecule has 0 saturated carbocycles. The molecule has 1 aromatic carbocycles. The number of ether oxygens (including phenoxy) is 1. The number of fused-ring (bicyclic) bond motifs is 1. The smallest absolute Gasteiger partial charge is 0.146 e. The highest BCUT2D eigenvalue weighted by Gasteiger charge is 2.07. The predicted molar refractivity (Wildman–Crippen MR) is 73.9 cm³/mol. The molecule has 19 heavy (non-hydrogen) atoms. The Morgan fingerprint density at radius 3 is 2.95 bits per heavy atom. The van der Waals surface area contributed by atoms with E-state index in [2.05, 4.69) is 4.98 Å². The Kier molecular flexibility index (Phi) is 2.83. The maximum atomic E-state index is 5.95. The van der Waals surface area contributed by atoms with Gasteiger partial charge in [0.15, 0.2) is 0 Å². The maximum absolute atomic E-state index is 5.95. The number of rotatable bonds is 3. The highest BCUT2D eigenvalue weighted by molar-refractivity contribution is 5.96. The zero-order chi connectivity index (χ0) is 13.2. The normalized spacial score (nSPS) is 10.8. The van der Waals surface area contributed by atoms with E-state index in [0.717, 1.165) is 28.0 Å². The van der Waals surface area contributed by atoms with Crippen LogP contribution in [0.5, 0.6) is 5.75 Å². The van der Waals surface area contributed by atoms with Crippen LogP contribution < -0.4 is 10.5 Å². The van der Waals surface area contributed by atoms with Crippen LogP contribution in [0.1, 0.15) is 11.5 Å². The monoisotopic (exact) mass is 254 g/mol. The van der Waals surface area contributed by atoms with E-state index in [1.165, 1.54) is 0 Å². The van der Waals surface area contributed by atoms with Crippen molar-refractivity contribution in [1.82, 2.24) is 4.98 Å². The van der Waals surface area contributed by atoms with E-state index in [-0.39, 0.29) is 0 Å². The Bertz CT molecular complexity index is 705. The van der Waals surface area contributed by atoms with Crippen molar-refractivity contribution in [3.05, 3.63) is 54.2 Å². The van der Waals surface area contributed by atoms with Crippen molar-refractivity contribution in [2.75, 3.05) is 5.73 Å². The first-order chi connectivity index (χ1) is 9.24. The van der Waals surface area contributed by atoms with E-state index in [4.69, 9.17) is 14.9 Å². The topological polar surface area (TPSA) is 61.3 Å². The highest BCUT2D eigenvalue weighted by atomic mass is 16.5. The van der Waals surface area contributed by atoms with Crippen molar-refractivity contribution >= 4 is 16.5 Å². The average molecular weight is 254 g/mol. The van der Waals surface area contributed by atoms with E-state index in [9.17, 15) is 0 Å². The maximum Gasteiger partial charge on any atom is 0.146 e. The number of furan rings is 1. The quantitative estimate of drug-likeness (QED) is 0.728. The van der Waals surface area contributed by atoms with Crippen molar-refractivity contribution in [3.63, 3.8) is 0 Å². The van der Waals surface area contributed by atoms with E-state index in [0.29, 0.717) is 12.3 Å². The van der Waals surface area contributed by atoms with Gasteiger partial charge in [0.2, 0.25) is 0 Å². The molecule has 0 spiro atoms. The van der Waals surface area contributed by atoms with Crippen LogP contribution in [0, 0.1) is 6.92 Å². The van der Waals surface area contributed by atoms with Gasteiger partial charge in [-0.3, -0.25) is 4.98 Å².